The van der Waals surface area contributed by atoms with Gasteiger partial charge in [-0.3, -0.25) is 0 Å². The largest absolute Gasteiger partial charge is 0.370 e. The molecule has 0 bridgehead atoms. The molecule has 0 spiro atoms. The highest BCUT2D eigenvalue weighted by atomic mass is 16.7. The molecule has 8 heavy (non-hydrogen) atoms. The van der Waals surface area contributed by atoms with Crippen molar-refractivity contribution in [2.24, 2.45) is 0 Å². The van der Waals surface area contributed by atoms with Crippen LogP contribution in [0.15, 0.2) is 0 Å². The Balaban J connectivity index is 2.17. The molecule has 0 aliphatic carbocycles. The smallest absolute Gasteiger partial charge is 0.115 e. The van der Waals surface area contributed by atoms with Crippen molar-refractivity contribution in [2.75, 3.05) is 6.61 Å². The molecule has 0 aromatic carbocycles. The second kappa shape index (κ2) is 1.09. The average molecular weight is 114 g/mol. The van der Waals surface area contributed by atoms with Crippen LogP contribution in [0.4, 0.5) is 0 Å². The first kappa shape index (κ1) is 4.77. The van der Waals surface area contributed by atoms with Crippen LogP contribution in [0.2, 0.25) is 0 Å². The first-order valence-electron chi connectivity index (χ1n) is 2.99. The van der Waals surface area contributed by atoms with Crippen LogP contribution in [-0.4, -0.2) is 24.4 Å². The van der Waals surface area contributed by atoms with Gasteiger partial charge in [0.05, 0.1) is 12.2 Å². The Morgan fingerprint density at radius 1 is 1.50 bits per heavy atom. The van der Waals surface area contributed by atoms with Gasteiger partial charge in [0, 0.05) is 0 Å². The Kier molecular flexibility index (Phi) is 0.649. The third-order valence-corrected chi connectivity index (χ3v) is 1.89. The maximum Gasteiger partial charge on any atom is 0.115 e. The van der Waals surface area contributed by atoms with Crippen LogP contribution in [0.25, 0.3) is 0 Å². The van der Waals surface area contributed by atoms with E-state index >= 15 is 0 Å². The fourth-order valence-electron chi connectivity index (χ4n) is 1.26. The van der Waals surface area contributed by atoms with Gasteiger partial charge in [-0.25, -0.2) is 0 Å². The van der Waals surface area contributed by atoms with Gasteiger partial charge in [-0.1, -0.05) is 0 Å². The summed E-state index contributed by atoms with van der Waals surface area (Å²) in [4.78, 5) is 0. The van der Waals surface area contributed by atoms with Gasteiger partial charge >= 0.3 is 0 Å². The first-order valence-corrected chi connectivity index (χ1v) is 2.99. The van der Waals surface area contributed by atoms with E-state index in [1.165, 1.54) is 0 Å². The maximum atomic E-state index is 5.38. The molecule has 0 aromatic heterocycles. The van der Waals surface area contributed by atoms with Crippen molar-refractivity contribution in [1.29, 1.82) is 0 Å². The Bertz CT molecular complexity index is 120. The van der Waals surface area contributed by atoms with Gasteiger partial charge in [0.1, 0.15) is 12.2 Å². The van der Waals surface area contributed by atoms with E-state index in [9.17, 15) is 0 Å². The van der Waals surface area contributed by atoms with Crippen LogP contribution >= 0.6 is 0 Å². The summed E-state index contributed by atoms with van der Waals surface area (Å²) in [5.74, 6) is 0. The molecule has 2 nitrogen and oxygen atoms in total. The summed E-state index contributed by atoms with van der Waals surface area (Å²) in [5, 5.41) is 0. The zero-order chi connectivity index (χ0) is 5.78. The molecule has 2 heterocycles. The minimum absolute atomic E-state index is 0.00463. The Hall–Kier alpha value is -0.0800. The fraction of sp³-hybridized carbons (Fsp3) is 1.00. The molecular formula is C6H10O2. The predicted octanol–water partition coefficient (Wildman–Crippen LogP) is 0.563. The molecule has 2 aliphatic heterocycles. The molecule has 46 valence electrons. The van der Waals surface area contributed by atoms with Crippen molar-refractivity contribution in [3.8, 4) is 0 Å². The Morgan fingerprint density at radius 2 is 2.25 bits per heavy atom. The molecule has 0 radical (unpaired) electrons. The second-order valence-corrected chi connectivity index (χ2v) is 3.01. The van der Waals surface area contributed by atoms with Gasteiger partial charge < -0.3 is 9.47 Å². The van der Waals surface area contributed by atoms with E-state index in [0.29, 0.717) is 12.2 Å². The number of rotatable bonds is 0. The van der Waals surface area contributed by atoms with Gasteiger partial charge in [-0.05, 0) is 13.8 Å². The van der Waals surface area contributed by atoms with E-state index in [2.05, 4.69) is 13.8 Å². The van der Waals surface area contributed by atoms with Crippen molar-refractivity contribution < 1.29 is 9.47 Å². The lowest BCUT2D eigenvalue weighted by molar-refractivity contribution is -0.0335. The van der Waals surface area contributed by atoms with E-state index < -0.39 is 0 Å². The predicted molar refractivity (Wildman–Crippen MR) is 28.7 cm³/mol. The molecule has 0 saturated carbocycles. The molecule has 0 amide bonds. The van der Waals surface area contributed by atoms with E-state index in [1.54, 1.807) is 0 Å². The fourth-order valence-corrected chi connectivity index (χ4v) is 1.26. The first-order chi connectivity index (χ1) is 3.70. The van der Waals surface area contributed by atoms with Crippen LogP contribution < -0.4 is 0 Å². The molecule has 0 N–H and O–H groups in total. The van der Waals surface area contributed by atoms with Gasteiger partial charge in [0.15, 0.2) is 0 Å². The molecule has 2 unspecified atom stereocenters. The van der Waals surface area contributed by atoms with E-state index in [4.69, 9.17) is 9.47 Å². The van der Waals surface area contributed by atoms with Gasteiger partial charge in [0.2, 0.25) is 0 Å². The standard InChI is InChI=1S/C6H10O2/c1-6(2)5-4(8-5)3-7-6/h4-5H,3H2,1-2H3. The lowest BCUT2D eigenvalue weighted by Gasteiger charge is -2.17. The molecule has 2 fully saturated rings. The SMILES string of the molecule is CC1(C)OCC2OC21. The summed E-state index contributed by atoms with van der Waals surface area (Å²) >= 11 is 0. The van der Waals surface area contributed by atoms with Crippen molar-refractivity contribution in [2.45, 2.75) is 31.7 Å². The highest BCUT2D eigenvalue weighted by Crippen LogP contribution is 2.41. The van der Waals surface area contributed by atoms with Crippen LogP contribution in [0.1, 0.15) is 13.8 Å². The molecule has 2 atom stereocenters. The summed E-state index contributed by atoms with van der Waals surface area (Å²) < 4.78 is 10.6. The topological polar surface area (TPSA) is 21.8 Å². The molecular weight excluding hydrogens is 104 g/mol. The number of epoxide rings is 1. The summed E-state index contributed by atoms with van der Waals surface area (Å²) in [6.07, 6.45) is 0.840. The highest BCUT2D eigenvalue weighted by Gasteiger charge is 2.56. The lowest BCUT2D eigenvalue weighted by atomic mass is 10.1. The third-order valence-electron chi connectivity index (χ3n) is 1.89. The van der Waals surface area contributed by atoms with Gasteiger partial charge in [-0.15, -0.1) is 0 Å². The zero-order valence-electron chi connectivity index (χ0n) is 5.18. The van der Waals surface area contributed by atoms with Crippen LogP contribution in [0, 0.1) is 0 Å². The van der Waals surface area contributed by atoms with Crippen molar-refractivity contribution in [1.82, 2.24) is 0 Å². The quantitative estimate of drug-likeness (QED) is 0.429. The molecule has 2 aliphatic rings. The normalized spacial score (nSPS) is 48.8. The number of ether oxygens (including phenoxy) is 2. The summed E-state index contributed by atoms with van der Waals surface area (Å²) in [6, 6.07) is 0. The maximum absolute atomic E-state index is 5.38. The van der Waals surface area contributed by atoms with Gasteiger partial charge in [0.25, 0.3) is 0 Å². The second-order valence-electron chi connectivity index (χ2n) is 3.01. The van der Waals surface area contributed by atoms with Crippen LogP contribution in [-0.2, 0) is 9.47 Å². The monoisotopic (exact) mass is 114 g/mol. The van der Waals surface area contributed by atoms with E-state index in [-0.39, 0.29) is 5.60 Å². The van der Waals surface area contributed by atoms with Crippen molar-refractivity contribution >= 4 is 0 Å². The molecule has 2 heteroatoms. The van der Waals surface area contributed by atoms with E-state index in [0.717, 1.165) is 6.61 Å². The van der Waals surface area contributed by atoms with Crippen LogP contribution in [0.5, 0.6) is 0 Å². The number of fused-ring (bicyclic) bond motifs is 1. The Morgan fingerprint density at radius 3 is 2.38 bits per heavy atom. The minimum Gasteiger partial charge on any atom is -0.370 e. The molecule has 0 aromatic rings. The summed E-state index contributed by atoms with van der Waals surface area (Å²) in [6.45, 7) is 4.95. The van der Waals surface area contributed by atoms with E-state index in [1.807, 2.05) is 0 Å². The number of hydrogen-bond donors (Lipinski definition) is 0. The van der Waals surface area contributed by atoms with Gasteiger partial charge in [-0.2, -0.15) is 0 Å². The van der Waals surface area contributed by atoms with Crippen LogP contribution in [0.3, 0.4) is 0 Å². The third kappa shape index (κ3) is 0.446. The zero-order valence-corrected chi connectivity index (χ0v) is 5.18. The number of hydrogen-bond acceptors (Lipinski definition) is 2. The van der Waals surface area contributed by atoms with Crippen molar-refractivity contribution in [3.63, 3.8) is 0 Å². The summed E-state index contributed by atoms with van der Waals surface area (Å²) in [7, 11) is 0. The average Bonchev–Trinajstić information content (AvgIpc) is 2.34. The van der Waals surface area contributed by atoms with Crippen molar-refractivity contribution in [3.05, 3.63) is 0 Å². The molecule has 2 saturated heterocycles. The highest BCUT2D eigenvalue weighted by molar-refractivity contribution is 5.02. The Labute approximate surface area is 48.8 Å². The lowest BCUT2D eigenvalue weighted by Crippen LogP contribution is -2.26. The minimum atomic E-state index is 0.00463. The molecule has 2 rings (SSSR count). The summed E-state index contributed by atoms with van der Waals surface area (Å²) in [5.41, 5.74) is 0.00463.